The first-order valence-electron chi connectivity index (χ1n) is 6.65. The fraction of sp³-hybridized carbons (Fsp3) is 0.500. The molecular weight excluding hydrogens is 371 g/mol. The van der Waals surface area contributed by atoms with Gasteiger partial charge in [-0.05, 0) is 47.9 Å². The molecule has 1 aromatic rings. The molecule has 0 aliphatic carbocycles. The van der Waals surface area contributed by atoms with Crippen LogP contribution in [0.3, 0.4) is 0 Å². The Hall–Kier alpha value is -1.18. The maximum atomic E-state index is 12.4. The van der Waals surface area contributed by atoms with Crippen LogP contribution in [0.1, 0.15) is 50.4 Å². The van der Waals surface area contributed by atoms with Crippen LogP contribution in [-0.2, 0) is 0 Å². The molecule has 1 N–H and O–H groups in total. The summed E-state index contributed by atoms with van der Waals surface area (Å²) < 4.78 is 0.711. The van der Waals surface area contributed by atoms with Gasteiger partial charge in [0.15, 0.2) is 0 Å². The van der Waals surface area contributed by atoms with Crippen LogP contribution in [0, 0.1) is 13.7 Å². The van der Waals surface area contributed by atoms with Crippen LogP contribution in [0.4, 0.5) is 5.69 Å². The lowest BCUT2D eigenvalue weighted by Gasteiger charge is -2.32. The van der Waals surface area contributed by atoms with Gasteiger partial charge in [0.2, 0.25) is 0 Å². The van der Waals surface area contributed by atoms with Crippen molar-refractivity contribution in [2.24, 2.45) is 0 Å². The molecule has 0 saturated heterocycles. The Morgan fingerprint density at radius 2 is 1.85 bits per heavy atom. The summed E-state index contributed by atoms with van der Waals surface area (Å²) in [6, 6.07) is 4.34. The van der Waals surface area contributed by atoms with Gasteiger partial charge < -0.3 is 5.32 Å². The number of amides is 1. The van der Waals surface area contributed by atoms with Gasteiger partial charge in [-0.3, -0.25) is 14.9 Å². The summed E-state index contributed by atoms with van der Waals surface area (Å²) >= 11 is 2.02. The first-order chi connectivity index (χ1) is 9.39. The maximum Gasteiger partial charge on any atom is 0.270 e. The number of nitrogens with one attached hydrogen (secondary N) is 1. The summed E-state index contributed by atoms with van der Waals surface area (Å²) in [6.07, 6.45) is 2.49. The number of non-ortho nitro benzene ring substituents is 1. The van der Waals surface area contributed by atoms with E-state index in [1.807, 2.05) is 43.4 Å². The Labute approximate surface area is 132 Å². The van der Waals surface area contributed by atoms with Crippen LogP contribution in [0.25, 0.3) is 0 Å². The average molecular weight is 390 g/mol. The lowest BCUT2D eigenvalue weighted by molar-refractivity contribution is -0.384. The minimum absolute atomic E-state index is 0.0642. The lowest BCUT2D eigenvalue weighted by Crippen LogP contribution is -2.47. The van der Waals surface area contributed by atoms with Crippen molar-refractivity contribution in [3.05, 3.63) is 37.4 Å². The predicted molar refractivity (Wildman–Crippen MR) is 86.9 cm³/mol. The highest BCUT2D eigenvalue weighted by Gasteiger charge is 2.27. The van der Waals surface area contributed by atoms with E-state index in [1.165, 1.54) is 12.1 Å². The van der Waals surface area contributed by atoms with E-state index in [-0.39, 0.29) is 17.1 Å². The highest BCUT2D eigenvalue weighted by atomic mass is 127. The number of hydrogen-bond acceptors (Lipinski definition) is 3. The molecule has 0 bridgehead atoms. The van der Waals surface area contributed by atoms with E-state index in [0.717, 1.165) is 19.3 Å². The summed E-state index contributed by atoms with van der Waals surface area (Å²) in [6.45, 7) is 6.10. The number of nitro groups is 1. The standard InChI is InChI=1S/C14H19IN2O3/c1-4-14(5-2,6-3)16-13(18)11-9-10(17(19)20)7-8-12(11)15/h7-9H,4-6H2,1-3H3,(H,16,18). The van der Waals surface area contributed by atoms with Gasteiger partial charge in [0.1, 0.15) is 0 Å². The normalized spacial score (nSPS) is 11.2. The predicted octanol–water partition coefficient (Wildman–Crippen LogP) is 3.90. The number of halogens is 1. The summed E-state index contributed by atoms with van der Waals surface area (Å²) in [5.41, 5.74) is 0.0512. The van der Waals surface area contributed by atoms with Crippen LogP contribution in [0.5, 0.6) is 0 Å². The molecule has 0 saturated carbocycles. The SMILES string of the molecule is CCC(CC)(CC)NC(=O)c1cc([N+](=O)[O-])ccc1I. The molecule has 0 atom stereocenters. The number of carbonyl (C=O) groups is 1. The second-order valence-electron chi connectivity index (χ2n) is 4.72. The number of benzene rings is 1. The summed E-state index contributed by atoms with van der Waals surface area (Å²) in [5, 5.41) is 13.8. The fourth-order valence-corrected chi connectivity index (χ4v) is 2.70. The van der Waals surface area contributed by atoms with Gasteiger partial charge in [-0.15, -0.1) is 0 Å². The Morgan fingerprint density at radius 3 is 2.30 bits per heavy atom. The number of hydrogen-bond donors (Lipinski definition) is 1. The monoisotopic (exact) mass is 390 g/mol. The molecule has 0 unspecified atom stereocenters. The second-order valence-corrected chi connectivity index (χ2v) is 5.88. The first-order valence-corrected chi connectivity index (χ1v) is 7.73. The highest BCUT2D eigenvalue weighted by Crippen LogP contribution is 2.23. The number of rotatable bonds is 6. The molecule has 1 rings (SSSR count). The number of carbonyl (C=O) groups excluding carboxylic acids is 1. The third-order valence-corrected chi connectivity index (χ3v) is 4.76. The Bertz CT molecular complexity index is 505. The zero-order valence-electron chi connectivity index (χ0n) is 11.9. The van der Waals surface area contributed by atoms with Crippen LogP contribution in [-0.4, -0.2) is 16.4 Å². The molecule has 6 heteroatoms. The second kappa shape index (κ2) is 7.01. The molecule has 1 aromatic carbocycles. The molecule has 20 heavy (non-hydrogen) atoms. The van der Waals surface area contributed by atoms with Gasteiger partial charge in [0.25, 0.3) is 11.6 Å². The quantitative estimate of drug-likeness (QED) is 0.455. The van der Waals surface area contributed by atoms with Crippen molar-refractivity contribution in [3.63, 3.8) is 0 Å². The zero-order chi connectivity index (χ0) is 15.3. The Balaban J connectivity index is 3.08. The van der Waals surface area contributed by atoms with E-state index in [1.54, 1.807) is 6.07 Å². The average Bonchev–Trinajstić information content (AvgIpc) is 2.45. The summed E-state index contributed by atoms with van der Waals surface area (Å²) in [5.74, 6) is -0.247. The largest absolute Gasteiger partial charge is 0.347 e. The smallest absolute Gasteiger partial charge is 0.270 e. The van der Waals surface area contributed by atoms with E-state index in [9.17, 15) is 14.9 Å². The maximum absolute atomic E-state index is 12.4. The fourth-order valence-electron chi connectivity index (χ4n) is 2.12. The molecule has 0 aliphatic rings. The third kappa shape index (κ3) is 3.68. The van der Waals surface area contributed by atoms with Crippen molar-refractivity contribution < 1.29 is 9.72 Å². The minimum Gasteiger partial charge on any atom is -0.347 e. The summed E-state index contributed by atoms with van der Waals surface area (Å²) in [7, 11) is 0. The van der Waals surface area contributed by atoms with Crippen molar-refractivity contribution in [1.29, 1.82) is 0 Å². The molecule has 0 heterocycles. The van der Waals surface area contributed by atoms with Gasteiger partial charge in [-0.25, -0.2) is 0 Å². The van der Waals surface area contributed by atoms with Gasteiger partial charge in [0.05, 0.1) is 10.5 Å². The molecule has 0 fully saturated rings. The van der Waals surface area contributed by atoms with Gasteiger partial charge in [-0.1, -0.05) is 20.8 Å². The number of nitro benzene ring substituents is 1. The van der Waals surface area contributed by atoms with Crippen LogP contribution in [0.2, 0.25) is 0 Å². The van der Waals surface area contributed by atoms with E-state index in [0.29, 0.717) is 9.13 Å². The molecule has 0 radical (unpaired) electrons. The van der Waals surface area contributed by atoms with Crippen molar-refractivity contribution in [2.75, 3.05) is 0 Å². The zero-order valence-corrected chi connectivity index (χ0v) is 14.1. The summed E-state index contributed by atoms with van der Waals surface area (Å²) in [4.78, 5) is 22.7. The van der Waals surface area contributed by atoms with E-state index < -0.39 is 4.92 Å². The Kier molecular flexibility index (Phi) is 5.91. The van der Waals surface area contributed by atoms with Crippen molar-refractivity contribution in [3.8, 4) is 0 Å². The molecular formula is C14H19IN2O3. The van der Waals surface area contributed by atoms with Gasteiger partial charge >= 0.3 is 0 Å². The molecule has 0 aliphatic heterocycles. The molecule has 0 spiro atoms. The van der Waals surface area contributed by atoms with E-state index >= 15 is 0 Å². The molecule has 110 valence electrons. The molecule has 0 aromatic heterocycles. The van der Waals surface area contributed by atoms with Crippen LogP contribution < -0.4 is 5.32 Å². The van der Waals surface area contributed by atoms with Crippen molar-refractivity contribution in [2.45, 2.75) is 45.6 Å². The number of nitrogens with zero attached hydrogens (tertiary/aromatic N) is 1. The first kappa shape index (κ1) is 16.9. The third-order valence-electron chi connectivity index (χ3n) is 3.81. The lowest BCUT2D eigenvalue weighted by atomic mass is 9.89. The highest BCUT2D eigenvalue weighted by molar-refractivity contribution is 14.1. The van der Waals surface area contributed by atoms with Gasteiger partial charge in [-0.2, -0.15) is 0 Å². The van der Waals surface area contributed by atoms with Crippen LogP contribution in [0.15, 0.2) is 18.2 Å². The van der Waals surface area contributed by atoms with E-state index in [4.69, 9.17) is 0 Å². The molecule has 5 nitrogen and oxygen atoms in total. The van der Waals surface area contributed by atoms with Crippen molar-refractivity contribution >= 4 is 34.2 Å². The van der Waals surface area contributed by atoms with Crippen LogP contribution >= 0.6 is 22.6 Å². The minimum atomic E-state index is -0.487. The van der Waals surface area contributed by atoms with E-state index in [2.05, 4.69) is 5.32 Å². The van der Waals surface area contributed by atoms with Gasteiger partial charge in [0, 0.05) is 21.2 Å². The van der Waals surface area contributed by atoms with Crippen molar-refractivity contribution in [1.82, 2.24) is 5.32 Å². The Morgan fingerprint density at radius 1 is 1.30 bits per heavy atom. The topological polar surface area (TPSA) is 72.2 Å². The molecule has 1 amide bonds.